The van der Waals surface area contributed by atoms with E-state index in [1.54, 1.807) is 0 Å². The van der Waals surface area contributed by atoms with Crippen molar-refractivity contribution in [3.05, 3.63) is 54.6 Å². The number of pyridine rings is 1. The molecule has 15 nitrogen and oxygen atoms in total. The molecule has 4 amide bonds. The highest BCUT2D eigenvalue weighted by molar-refractivity contribution is 7.91. The molecule has 5 fully saturated rings. The van der Waals surface area contributed by atoms with Gasteiger partial charge in [0.2, 0.25) is 27.7 Å². The molecule has 0 spiro atoms. The van der Waals surface area contributed by atoms with Gasteiger partial charge in [0.05, 0.1) is 29.5 Å². The molecular weight excluding hydrogens is 837 g/mol. The summed E-state index contributed by atoms with van der Waals surface area (Å²) in [5.74, 6) is -1.33. The summed E-state index contributed by atoms with van der Waals surface area (Å²) in [6.45, 7) is 13.0. The molecule has 3 aliphatic carbocycles. The number of fused-ring (bicyclic) bond motifs is 5. The van der Waals surface area contributed by atoms with Crippen molar-refractivity contribution in [1.82, 2.24) is 30.1 Å². The SMILES string of the molecule is C=C[C@@H]1C[C@]1(NC(=O)[C@@H]1C[C@@H]2CN1C(=O)[C@H](C(C)(C)C)NC(=O)O[C@@H]1CCC[C@H]1CCC=CCc1c(nc3ccccc3c1OCCCN1CCCCC1)O2)C(=O)NS(=O)(=O)C1CC1. The Morgan fingerprint density at radius 3 is 2.55 bits per heavy atom. The van der Waals surface area contributed by atoms with Gasteiger partial charge in [-0.15, -0.1) is 6.58 Å². The van der Waals surface area contributed by atoms with Crippen LogP contribution in [-0.2, 0) is 35.6 Å². The lowest BCUT2D eigenvalue weighted by atomic mass is 9.85. The minimum Gasteiger partial charge on any atom is -0.492 e. The van der Waals surface area contributed by atoms with Crippen molar-refractivity contribution >= 4 is 44.7 Å². The number of allylic oxidation sites excluding steroid dienone is 2. The molecule has 3 aliphatic heterocycles. The number of alkyl carbamates (subject to hydrolysis) is 1. The van der Waals surface area contributed by atoms with Crippen LogP contribution in [0, 0.1) is 17.3 Å². The second-order valence-corrected chi connectivity index (χ2v) is 21.8. The van der Waals surface area contributed by atoms with Gasteiger partial charge < -0.3 is 34.6 Å². The largest absolute Gasteiger partial charge is 0.492 e. The number of piperidine rings is 1. The lowest BCUT2D eigenvalue weighted by molar-refractivity contribution is -0.143. The Hall–Kier alpha value is -4.70. The van der Waals surface area contributed by atoms with Gasteiger partial charge in [0.15, 0.2) is 0 Å². The highest BCUT2D eigenvalue weighted by Crippen LogP contribution is 2.46. The van der Waals surface area contributed by atoms with E-state index in [0.717, 1.165) is 69.1 Å². The number of likely N-dealkylation sites (tertiary alicyclic amines) is 1. The van der Waals surface area contributed by atoms with Gasteiger partial charge in [-0.25, -0.2) is 18.2 Å². The molecule has 3 saturated carbocycles. The quantitative estimate of drug-likeness (QED) is 0.185. The number of amides is 4. The molecule has 0 radical (unpaired) electrons. The predicted octanol–water partition coefficient (Wildman–Crippen LogP) is 5.71. The predicted molar refractivity (Wildman–Crippen MR) is 242 cm³/mol. The van der Waals surface area contributed by atoms with Gasteiger partial charge in [0, 0.05) is 24.3 Å². The normalized spacial score (nSPS) is 29.3. The van der Waals surface area contributed by atoms with E-state index < -0.39 is 74.1 Å². The molecule has 6 aliphatic rings. The average molecular weight is 903 g/mol. The third-order valence-corrected chi connectivity index (χ3v) is 15.8. The van der Waals surface area contributed by atoms with Crippen LogP contribution in [0.5, 0.6) is 11.6 Å². The molecule has 7 atom stereocenters. The van der Waals surface area contributed by atoms with Crippen LogP contribution in [0.3, 0.4) is 0 Å². The summed E-state index contributed by atoms with van der Waals surface area (Å²) < 4.78 is 47.6. The molecule has 1 aromatic carbocycles. The maximum atomic E-state index is 15.0. The minimum absolute atomic E-state index is 0.0231. The van der Waals surface area contributed by atoms with Crippen LogP contribution in [-0.4, -0.2) is 115 Å². The summed E-state index contributed by atoms with van der Waals surface area (Å²) in [6, 6.07) is 5.54. The fourth-order valence-corrected chi connectivity index (χ4v) is 11.4. The monoisotopic (exact) mass is 902 g/mol. The summed E-state index contributed by atoms with van der Waals surface area (Å²) in [5.41, 5.74) is -0.933. The van der Waals surface area contributed by atoms with E-state index in [0.29, 0.717) is 43.0 Å². The number of benzene rings is 1. The van der Waals surface area contributed by atoms with E-state index in [1.165, 1.54) is 30.2 Å². The third-order valence-electron chi connectivity index (χ3n) is 14.0. The number of hydrogen-bond donors (Lipinski definition) is 3. The van der Waals surface area contributed by atoms with Crippen molar-refractivity contribution < 1.29 is 41.8 Å². The molecule has 8 rings (SSSR count). The lowest BCUT2D eigenvalue weighted by Gasteiger charge is -2.35. The second kappa shape index (κ2) is 19.0. The number of hydrogen-bond acceptors (Lipinski definition) is 11. The number of aromatic nitrogens is 1. The van der Waals surface area contributed by atoms with E-state index in [2.05, 4.69) is 39.0 Å². The molecule has 2 aromatic rings. The summed E-state index contributed by atoms with van der Waals surface area (Å²) in [6.07, 6.45) is 14.4. The number of ether oxygens (including phenoxy) is 3. The molecule has 0 unspecified atom stereocenters. The van der Waals surface area contributed by atoms with Crippen LogP contribution in [0.1, 0.15) is 110 Å². The molecule has 4 heterocycles. The fourth-order valence-electron chi connectivity index (χ4n) is 10.1. The second-order valence-electron chi connectivity index (χ2n) is 19.8. The molecule has 348 valence electrons. The Morgan fingerprint density at radius 1 is 1.03 bits per heavy atom. The lowest BCUT2D eigenvalue weighted by Crippen LogP contribution is -2.60. The zero-order chi connectivity index (χ0) is 45.2. The summed E-state index contributed by atoms with van der Waals surface area (Å²) in [4.78, 5) is 66.0. The maximum absolute atomic E-state index is 15.0. The standard InChI is InChI=1S/C48H66N6O9S/c1-5-32-29-48(32,45(57)52-64(59,60)34-22-23-34)51-42(55)38-28-33-30-54(38)44(56)41(47(2,3)4)50-46(58)63-39-21-14-17-31(39)16-8-6-9-19-36-40(61-27-15-26-53-24-12-7-13-25-53)35-18-10-11-20-37(35)49-43(36)62-33/h5-6,9-11,18,20,31-34,38-39,41H,1,7-8,12-17,19,21-30H2,2-4H3,(H,50,58)(H,51,55)(H,52,57)/t31-,32-,33-,38+,39-,41-,48-/m1/s1. The Bertz CT molecular complexity index is 2230. The highest BCUT2D eigenvalue weighted by Gasteiger charge is 2.62. The van der Waals surface area contributed by atoms with Gasteiger partial charge in [-0.2, -0.15) is 0 Å². The van der Waals surface area contributed by atoms with E-state index in [4.69, 9.17) is 19.2 Å². The first-order valence-corrected chi connectivity index (χ1v) is 25.1. The summed E-state index contributed by atoms with van der Waals surface area (Å²) in [7, 11) is -3.92. The first kappa shape index (κ1) is 45.9. The van der Waals surface area contributed by atoms with Crippen LogP contribution < -0.4 is 24.8 Å². The third kappa shape index (κ3) is 10.2. The van der Waals surface area contributed by atoms with Crippen molar-refractivity contribution in [1.29, 1.82) is 0 Å². The van der Waals surface area contributed by atoms with Crippen molar-refractivity contribution in [3.8, 4) is 11.6 Å². The number of rotatable bonds is 11. The fraction of sp³-hybridized carbons (Fsp3) is 0.646. The van der Waals surface area contributed by atoms with Crippen molar-refractivity contribution in [2.24, 2.45) is 17.3 Å². The van der Waals surface area contributed by atoms with Crippen LogP contribution in [0.4, 0.5) is 4.79 Å². The molecule has 2 saturated heterocycles. The number of carbonyl (C=O) groups excluding carboxylic acids is 4. The number of para-hydroxylation sites is 1. The Labute approximate surface area is 377 Å². The van der Waals surface area contributed by atoms with Crippen LogP contribution in [0.25, 0.3) is 10.9 Å². The first-order chi connectivity index (χ1) is 30.7. The van der Waals surface area contributed by atoms with Gasteiger partial charge >= 0.3 is 6.09 Å². The molecule has 16 heteroatoms. The highest BCUT2D eigenvalue weighted by atomic mass is 32.2. The zero-order valence-corrected chi connectivity index (χ0v) is 38.5. The van der Waals surface area contributed by atoms with E-state index in [-0.39, 0.29) is 31.4 Å². The topological polar surface area (TPSA) is 186 Å². The van der Waals surface area contributed by atoms with E-state index in [1.807, 2.05) is 45.0 Å². The van der Waals surface area contributed by atoms with Gasteiger partial charge in [-0.3, -0.25) is 19.1 Å². The van der Waals surface area contributed by atoms with Crippen LogP contribution in [0.15, 0.2) is 49.1 Å². The maximum Gasteiger partial charge on any atom is 0.408 e. The van der Waals surface area contributed by atoms with Crippen LogP contribution >= 0.6 is 0 Å². The van der Waals surface area contributed by atoms with Crippen molar-refractivity contribution in [3.63, 3.8) is 0 Å². The molecule has 1 aromatic heterocycles. The number of nitrogens with one attached hydrogen (secondary N) is 3. The van der Waals surface area contributed by atoms with Gasteiger partial charge in [-0.1, -0.05) is 57.6 Å². The smallest absolute Gasteiger partial charge is 0.408 e. The van der Waals surface area contributed by atoms with Crippen molar-refractivity contribution in [2.75, 3.05) is 32.8 Å². The van der Waals surface area contributed by atoms with Gasteiger partial charge in [-0.05, 0) is 114 Å². The Kier molecular flexibility index (Phi) is 13.6. The summed E-state index contributed by atoms with van der Waals surface area (Å²) in [5, 5.41) is 5.96. The van der Waals surface area contributed by atoms with E-state index in [9.17, 15) is 27.6 Å². The molecular formula is C48H66N6O9S. The number of nitrogens with zero attached hydrogens (tertiary/aromatic N) is 3. The van der Waals surface area contributed by atoms with E-state index >= 15 is 0 Å². The van der Waals surface area contributed by atoms with Crippen LogP contribution in [0.2, 0.25) is 0 Å². The van der Waals surface area contributed by atoms with Gasteiger partial charge in [0.1, 0.15) is 35.6 Å². The first-order valence-electron chi connectivity index (χ1n) is 23.5. The Balaban J connectivity index is 1.13. The van der Waals surface area contributed by atoms with Gasteiger partial charge in [0.25, 0.3) is 5.91 Å². The number of carbonyl (C=O) groups is 4. The molecule has 2 bridgehead atoms. The number of sulfonamides is 1. The molecule has 3 N–H and O–H groups in total. The Morgan fingerprint density at radius 2 is 1.81 bits per heavy atom. The minimum atomic E-state index is -3.92. The zero-order valence-electron chi connectivity index (χ0n) is 37.6. The average Bonchev–Trinajstić information content (AvgIpc) is 4.16. The molecule has 64 heavy (non-hydrogen) atoms. The summed E-state index contributed by atoms with van der Waals surface area (Å²) >= 11 is 0. The van der Waals surface area contributed by atoms with Crippen molar-refractivity contribution in [2.45, 2.75) is 146 Å².